The van der Waals surface area contributed by atoms with Gasteiger partial charge in [0.2, 0.25) is 6.54 Å². The number of hydrogen-bond donors (Lipinski definition) is 0. The third-order valence-electron chi connectivity index (χ3n) is 1.73. The molecule has 0 heterocycles. The molecular weight excluding hydrogens is 308 g/mol. The second-order valence-electron chi connectivity index (χ2n) is 2.69. The van der Waals surface area contributed by atoms with Crippen molar-refractivity contribution in [1.29, 1.82) is 5.26 Å². The molecule has 2 nitrogen and oxygen atoms in total. The lowest BCUT2D eigenvalue weighted by molar-refractivity contribution is 1.18. The number of rotatable bonds is 2. The minimum atomic E-state index is 0.353. The van der Waals surface area contributed by atoms with Crippen molar-refractivity contribution in [2.24, 2.45) is 0 Å². The number of nitriles is 1. The molecule has 1 aromatic rings. The molecule has 0 unspecified atom stereocenters. The van der Waals surface area contributed by atoms with Gasteiger partial charge >= 0.3 is 0 Å². The van der Waals surface area contributed by atoms with Crippen LogP contribution < -0.4 is 0 Å². The number of hydrogen-bond acceptors (Lipinski definition) is 1. The van der Waals surface area contributed by atoms with E-state index in [1.807, 2.05) is 12.1 Å². The maximum absolute atomic E-state index is 8.57. The molecule has 0 saturated carbocycles. The molecule has 0 atom stereocenters. The Balaban J connectivity index is 3.13. The molecule has 0 aliphatic rings. The zero-order valence-corrected chi connectivity index (χ0v) is 10.4. The van der Waals surface area contributed by atoms with Crippen molar-refractivity contribution >= 4 is 31.9 Å². The smallest absolute Gasteiger partial charge is 0.240 e. The molecule has 0 saturated heterocycles. The van der Waals surface area contributed by atoms with Gasteiger partial charge < -0.3 is 4.85 Å². The molecule has 1 aromatic carbocycles. The summed E-state index contributed by atoms with van der Waals surface area (Å²) in [7, 11) is 0. The molecule has 70 valence electrons. The molecule has 0 spiro atoms. The summed E-state index contributed by atoms with van der Waals surface area (Å²) in [6.45, 7) is 7.13. The van der Waals surface area contributed by atoms with E-state index in [4.69, 9.17) is 11.8 Å². The van der Waals surface area contributed by atoms with Crippen LogP contribution in [0.5, 0.6) is 0 Å². The third kappa shape index (κ3) is 2.57. The zero-order chi connectivity index (χ0) is 10.6. The number of nitrogens with zero attached hydrogens (tertiary/aromatic N) is 2. The van der Waals surface area contributed by atoms with Gasteiger partial charge in [0.15, 0.2) is 0 Å². The van der Waals surface area contributed by atoms with E-state index in [0.717, 1.165) is 20.1 Å². The van der Waals surface area contributed by atoms with E-state index in [1.54, 1.807) is 0 Å². The summed E-state index contributed by atoms with van der Waals surface area (Å²) >= 11 is 6.76. The molecule has 0 radical (unpaired) electrons. The Morgan fingerprint density at radius 2 is 1.86 bits per heavy atom. The van der Waals surface area contributed by atoms with Gasteiger partial charge in [-0.25, -0.2) is 6.57 Å². The number of halogens is 2. The highest BCUT2D eigenvalue weighted by atomic mass is 79.9. The Morgan fingerprint density at radius 3 is 2.43 bits per heavy atom. The molecule has 0 N–H and O–H groups in total. The van der Waals surface area contributed by atoms with Crippen LogP contribution in [0.3, 0.4) is 0 Å². The SMILES string of the molecule is [C-]#[N+]Cc1cc(Br)c(CC#N)cc1Br. The molecule has 0 fully saturated rings. The minimum Gasteiger partial charge on any atom is -0.312 e. The normalized spacial score (nSPS) is 9.14. The second kappa shape index (κ2) is 5.14. The van der Waals surface area contributed by atoms with Gasteiger partial charge in [-0.05, 0) is 17.7 Å². The molecule has 0 bridgehead atoms. The van der Waals surface area contributed by atoms with Crippen molar-refractivity contribution in [3.8, 4) is 6.07 Å². The Kier molecular flexibility index (Phi) is 4.13. The summed E-state index contributed by atoms with van der Waals surface area (Å²) in [5.41, 5.74) is 1.88. The maximum atomic E-state index is 8.57. The second-order valence-corrected chi connectivity index (χ2v) is 4.39. The number of benzene rings is 1. The van der Waals surface area contributed by atoms with Crippen molar-refractivity contribution < 1.29 is 0 Å². The van der Waals surface area contributed by atoms with Crippen LogP contribution >= 0.6 is 31.9 Å². The largest absolute Gasteiger partial charge is 0.312 e. The predicted molar refractivity (Wildman–Crippen MR) is 61.5 cm³/mol. The molecular formula is C10H6Br2N2. The first kappa shape index (κ1) is 11.2. The lowest BCUT2D eigenvalue weighted by Crippen LogP contribution is -1.89. The maximum Gasteiger partial charge on any atom is 0.240 e. The highest BCUT2D eigenvalue weighted by Gasteiger charge is 2.07. The first-order valence-electron chi connectivity index (χ1n) is 3.86. The average Bonchev–Trinajstić information content (AvgIpc) is 2.14. The lowest BCUT2D eigenvalue weighted by atomic mass is 10.1. The molecule has 0 amide bonds. The van der Waals surface area contributed by atoms with Crippen molar-refractivity contribution in [2.45, 2.75) is 13.0 Å². The van der Waals surface area contributed by atoms with E-state index in [2.05, 4.69) is 42.8 Å². The summed E-state index contributed by atoms with van der Waals surface area (Å²) in [4.78, 5) is 3.32. The summed E-state index contributed by atoms with van der Waals surface area (Å²) in [5.74, 6) is 0. The Bertz CT molecular complexity index is 385. The van der Waals surface area contributed by atoms with E-state index < -0.39 is 0 Å². The Labute approximate surface area is 99.6 Å². The third-order valence-corrected chi connectivity index (χ3v) is 3.21. The van der Waals surface area contributed by atoms with Crippen molar-refractivity contribution in [3.05, 3.63) is 43.6 Å². The van der Waals surface area contributed by atoms with E-state index >= 15 is 0 Å². The van der Waals surface area contributed by atoms with E-state index in [9.17, 15) is 0 Å². The fourth-order valence-corrected chi connectivity index (χ4v) is 2.10. The van der Waals surface area contributed by atoms with Crippen LogP contribution in [0.4, 0.5) is 0 Å². The summed E-state index contributed by atoms with van der Waals surface area (Å²) < 4.78 is 1.78. The molecule has 4 heteroatoms. The molecule has 14 heavy (non-hydrogen) atoms. The molecule has 0 aliphatic carbocycles. The van der Waals surface area contributed by atoms with Gasteiger partial charge in [-0.3, -0.25) is 0 Å². The lowest BCUT2D eigenvalue weighted by Gasteiger charge is -2.03. The van der Waals surface area contributed by atoms with Crippen LogP contribution in [-0.4, -0.2) is 0 Å². The predicted octanol–water partition coefficient (Wildman–Crippen LogP) is 3.70. The van der Waals surface area contributed by atoms with Gasteiger partial charge in [0.1, 0.15) is 0 Å². The van der Waals surface area contributed by atoms with Crippen molar-refractivity contribution in [1.82, 2.24) is 0 Å². The average molecular weight is 314 g/mol. The first-order chi connectivity index (χ1) is 6.69. The van der Waals surface area contributed by atoms with Crippen LogP contribution in [-0.2, 0) is 13.0 Å². The molecule has 1 rings (SSSR count). The highest BCUT2D eigenvalue weighted by Crippen LogP contribution is 2.26. The van der Waals surface area contributed by atoms with Gasteiger partial charge in [-0.1, -0.05) is 31.9 Å². The molecule has 0 aromatic heterocycles. The van der Waals surface area contributed by atoms with Gasteiger partial charge in [0, 0.05) is 14.5 Å². The summed E-state index contributed by atoms with van der Waals surface area (Å²) in [6, 6.07) is 5.86. The first-order valence-corrected chi connectivity index (χ1v) is 5.44. The van der Waals surface area contributed by atoms with Gasteiger partial charge in [0.25, 0.3) is 0 Å². The fraction of sp³-hybridized carbons (Fsp3) is 0.200. The Morgan fingerprint density at radius 1 is 1.29 bits per heavy atom. The van der Waals surface area contributed by atoms with Crippen molar-refractivity contribution in [2.75, 3.05) is 0 Å². The monoisotopic (exact) mass is 312 g/mol. The topological polar surface area (TPSA) is 28.1 Å². The quantitative estimate of drug-likeness (QED) is 0.765. The van der Waals surface area contributed by atoms with E-state index in [-0.39, 0.29) is 0 Å². The van der Waals surface area contributed by atoms with Crippen molar-refractivity contribution in [3.63, 3.8) is 0 Å². The highest BCUT2D eigenvalue weighted by molar-refractivity contribution is 9.11. The van der Waals surface area contributed by atoms with E-state index in [0.29, 0.717) is 13.0 Å². The molecule has 0 aliphatic heterocycles. The standard InChI is InChI=1S/C10H6Br2N2/c1-14-6-8-5-9(11)7(2-3-13)4-10(8)12/h4-5H,2,6H2. The Hall–Kier alpha value is -0.840. The van der Waals surface area contributed by atoms with E-state index in [1.165, 1.54) is 0 Å². The fourth-order valence-electron chi connectivity index (χ4n) is 1.06. The van der Waals surface area contributed by atoms with Gasteiger partial charge in [0.05, 0.1) is 12.5 Å². The summed E-state index contributed by atoms with van der Waals surface area (Å²) in [6.07, 6.45) is 0.373. The van der Waals surface area contributed by atoms with Gasteiger partial charge in [-0.2, -0.15) is 5.26 Å². The van der Waals surface area contributed by atoms with Crippen LogP contribution in [0.25, 0.3) is 4.85 Å². The zero-order valence-electron chi connectivity index (χ0n) is 7.22. The van der Waals surface area contributed by atoms with Crippen LogP contribution in [0.1, 0.15) is 11.1 Å². The minimum absolute atomic E-state index is 0.353. The van der Waals surface area contributed by atoms with Crippen LogP contribution in [0, 0.1) is 17.9 Å². The van der Waals surface area contributed by atoms with Crippen LogP contribution in [0.15, 0.2) is 21.1 Å². The summed E-state index contributed by atoms with van der Waals surface area (Å²) in [5, 5.41) is 8.57. The van der Waals surface area contributed by atoms with Crippen LogP contribution in [0.2, 0.25) is 0 Å². The van der Waals surface area contributed by atoms with Gasteiger partial charge in [-0.15, -0.1) is 0 Å².